The molecule has 8 heteroatoms. The molecule has 0 saturated heterocycles. The molecule has 0 radical (unpaired) electrons. The van der Waals surface area contributed by atoms with Gasteiger partial charge in [0.15, 0.2) is 5.11 Å². The van der Waals surface area contributed by atoms with E-state index < -0.39 is 6.61 Å². The molecule has 0 aromatic heterocycles. The molecule has 1 aromatic carbocycles. The number of methoxy groups -OCH3 is 1. The number of thiocarbonyl (C=S) groups is 1. The van der Waals surface area contributed by atoms with Crippen molar-refractivity contribution in [1.82, 2.24) is 5.32 Å². The fourth-order valence-corrected chi connectivity index (χ4v) is 1.99. The zero-order valence-corrected chi connectivity index (χ0v) is 13.6. The minimum atomic E-state index is -2.84. The Morgan fingerprint density at radius 2 is 1.91 bits per heavy atom. The minimum absolute atomic E-state index is 0.0926. The van der Waals surface area contributed by atoms with E-state index in [0.29, 0.717) is 23.8 Å². The largest absolute Gasteiger partial charge is 0.469 e. The number of benzene rings is 1. The molecule has 0 heterocycles. The van der Waals surface area contributed by atoms with Crippen molar-refractivity contribution in [2.45, 2.75) is 32.3 Å². The minimum Gasteiger partial charge on any atom is -0.469 e. The highest BCUT2D eigenvalue weighted by Gasteiger charge is 2.04. The number of unbranched alkanes of at least 4 members (excludes halogenated alkanes) is 2. The maximum Gasteiger partial charge on any atom is 0.387 e. The molecule has 0 amide bonds. The molecule has 0 atom stereocenters. The number of carbonyl (C=O) groups is 1. The van der Waals surface area contributed by atoms with Gasteiger partial charge in [-0.3, -0.25) is 4.79 Å². The summed E-state index contributed by atoms with van der Waals surface area (Å²) < 4.78 is 32.9. The molecule has 23 heavy (non-hydrogen) atoms. The Balaban J connectivity index is 2.17. The van der Waals surface area contributed by atoms with Crippen molar-refractivity contribution in [3.63, 3.8) is 0 Å². The highest BCUT2D eigenvalue weighted by Crippen LogP contribution is 2.17. The molecule has 0 aliphatic carbocycles. The van der Waals surface area contributed by atoms with Crippen LogP contribution in [0.5, 0.6) is 5.75 Å². The van der Waals surface area contributed by atoms with Gasteiger partial charge in [0, 0.05) is 18.7 Å². The summed E-state index contributed by atoms with van der Waals surface area (Å²) in [5.41, 5.74) is 0.676. The third-order valence-electron chi connectivity index (χ3n) is 2.91. The second-order valence-electron chi connectivity index (χ2n) is 4.67. The Morgan fingerprint density at radius 3 is 2.52 bits per heavy atom. The molecule has 0 aliphatic heterocycles. The first-order valence-electron chi connectivity index (χ1n) is 7.18. The van der Waals surface area contributed by atoms with Gasteiger partial charge < -0.3 is 20.1 Å². The van der Waals surface area contributed by atoms with Crippen LogP contribution in [0.25, 0.3) is 0 Å². The van der Waals surface area contributed by atoms with Gasteiger partial charge in [0.25, 0.3) is 0 Å². The van der Waals surface area contributed by atoms with E-state index in [2.05, 4.69) is 20.1 Å². The number of alkyl halides is 2. The first-order chi connectivity index (χ1) is 11.0. The summed E-state index contributed by atoms with van der Waals surface area (Å²) >= 11 is 5.13. The topological polar surface area (TPSA) is 59.6 Å². The molecular formula is C15H20F2N2O3S. The van der Waals surface area contributed by atoms with Crippen molar-refractivity contribution in [3.8, 4) is 5.75 Å². The van der Waals surface area contributed by atoms with Crippen LogP contribution in [0, 0.1) is 0 Å². The maximum atomic E-state index is 12.0. The van der Waals surface area contributed by atoms with Crippen LogP contribution >= 0.6 is 12.2 Å². The van der Waals surface area contributed by atoms with E-state index in [1.165, 1.54) is 19.2 Å². The van der Waals surface area contributed by atoms with Crippen LogP contribution in [0.4, 0.5) is 14.5 Å². The van der Waals surface area contributed by atoms with Crippen molar-refractivity contribution in [2.24, 2.45) is 0 Å². The van der Waals surface area contributed by atoms with E-state index in [1.54, 1.807) is 12.1 Å². The number of nitrogens with one attached hydrogen (secondary N) is 2. The molecule has 128 valence electrons. The van der Waals surface area contributed by atoms with Gasteiger partial charge in [-0.1, -0.05) is 6.42 Å². The lowest BCUT2D eigenvalue weighted by atomic mass is 10.2. The highest BCUT2D eigenvalue weighted by molar-refractivity contribution is 7.80. The summed E-state index contributed by atoms with van der Waals surface area (Å²) in [4.78, 5) is 10.9. The van der Waals surface area contributed by atoms with Gasteiger partial charge in [-0.25, -0.2) is 0 Å². The predicted molar refractivity (Wildman–Crippen MR) is 87.8 cm³/mol. The SMILES string of the molecule is COC(=O)CCCCCNC(=S)Nc1ccc(OC(F)F)cc1. The molecule has 1 aromatic rings. The van der Waals surface area contributed by atoms with Crippen molar-refractivity contribution < 1.29 is 23.0 Å². The Kier molecular flexibility index (Phi) is 8.89. The molecule has 0 unspecified atom stereocenters. The standard InChI is InChI=1S/C15H20F2N2O3S/c1-21-13(20)5-3-2-4-10-18-15(23)19-11-6-8-12(9-7-11)22-14(16)17/h6-9,14H,2-5,10H2,1H3,(H2,18,19,23). The normalized spacial score (nSPS) is 10.3. The molecular weight excluding hydrogens is 326 g/mol. The number of esters is 1. The zero-order chi connectivity index (χ0) is 17.1. The van der Waals surface area contributed by atoms with Crippen LogP contribution in [0.2, 0.25) is 0 Å². The number of ether oxygens (including phenoxy) is 2. The second-order valence-corrected chi connectivity index (χ2v) is 5.08. The first kappa shape index (κ1) is 19.1. The lowest BCUT2D eigenvalue weighted by Crippen LogP contribution is -2.29. The Morgan fingerprint density at radius 1 is 1.22 bits per heavy atom. The van der Waals surface area contributed by atoms with E-state index in [1.807, 2.05) is 0 Å². The van der Waals surface area contributed by atoms with Gasteiger partial charge in [0.2, 0.25) is 0 Å². The second kappa shape index (κ2) is 10.7. The van der Waals surface area contributed by atoms with Crippen LogP contribution in [-0.2, 0) is 9.53 Å². The first-order valence-corrected chi connectivity index (χ1v) is 7.58. The Bertz CT molecular complexity index is 498. The maximum absolute atomic E-state index is 12.0. The van der Waals surface area contributed by atoms with Crippen LogP contribution in [0.3, 0.4) is 0 Å². The van der Waals surface area contributed by atoms with E-state index >= 15 is 0 Å². The number of hydrogen-bond donors (Lipinski definition) is 2. The van der Waals surface area contributed by atoms with Crippen LogP contribution in [0.15, 0.2) is 24.3 Å². The number of carbonyl (C=O) groups excluding carboxylic acids is 1. The summed E-state index contributed by atoms with van der Waals surface area (Å²) in [6.45, 7) is -2.16. The van der Waals surface area contributed by atoms with E-state index in [0.717, 1.165) is 19.3 Å². The van der Waals surface area contributed by atoms with Crippen molar-refractivity contribution in [3.05, 3.63) is 24.3 Å². The Hall–Kier alpha value is -1.96. The molecule has 2 N–H and O–H groups in total. The van der Waals surface area contributed by atoms with Crippen molar-refractivity contribution in [1.29, 1.82) is 0 Å². The summed E-state index contributed by atoms with van der Waals surface area (Å²) in [6.07, 6.45) is 2.97. The van der Waals surface area contributed by atoms with Gasteiger partial charge in [0.05, 0.1) is 7.11 Å². The lowest BCUT2D eigenvalue weighted by molar-refractivity contribution is -0.140. The van der Waals surface area contributed by atoms with Crippen molar-refractivity contribution in [2.75, 3.05) is 19.0 Å². The zero-order valence-electron chi connectivity index (χ0n) is 12.8. The average Bonchev–Trinajstić information content (AvgIpc) is 2.51. The van der Waals surface area contributed by atoms with Gasteiger partial charge in [0.1, 0.15) is 5.75 Å². The summed E-state index contributed by atoms with van der Waals surface area (Å²) in [5, 5.41) is 6.42. The van der Waals surface area contributed by atoms with E-state index in [9.17, 15) is 13.6 Å². The van der Waals surface area contributed by atoms with Crippen LogP contribution in [0.1, 0.15) is 25.7 Å². The van der Waals surface area contributed by atoms with E-state index in [-0.39, 0.29) is 11.7 Å². The molecule has 5 nitrogen and oxygen atoms in total. The molecule has 0 bridgehead atoms. The quantitative estimate of drug-likeness (QED) is 0.406. The van der Waals surface area contributed by atoms with Crippen molar-refractivity contribution >= 4 is 29.0 Å². The van der Waals surface area contributed by atoms with Gasteiger partial charge >= 0.3 is 12.6 Å². The molecule has 1 rings (SSSR count). The third-order valence-corrected chi connectivity index (χ3v) is 3.15. The lowest BCUT2D eigenvalue weighted by Gasteiger charge is -2.11. The smallest absolute Gasteiger partial charge is 0.387 e. The fourth-order valence-electron chi connectivity index (χ4n) is 1.77. The monoisotopic (exact) mass is 346 g/mol. The predicted octanol–water partition coefficient (Wildman–Crippen LogP) is 3.31. The Labute approximate surface area is 139 Å². The molecule has 0 aliphatic rings. The number of hydrogen-bond acceptors (Lipinski definition) is 4. The number of halogens is 2. The third kappa shape index (κ3) is 8.92. The number of rotatable bonds is 9. The fraction of sp³-hybridized carbons (Fsp3) is 0.467. The van der Waals surface area contributed by atoms with Crippen LogP contribution < -0.4 is 15.4 Å². The van der Waals surface area contributed by atoms with Crippen LogP contribution in [-0.4, -0.2) is 31.3 Å². The van der Waals surface area contributed by atoms with E-state index in [4.69, 9.17) is 12.2 Å². The average molecular weight is 346 g/mol. The van der Waals surface area contributed by atoms with Gasteiger partial charge in [-0.05, 0) is 49.3 Å². The molecule has 0 saturated carbocycles. The van der Waals surface area contributed by atoms with Gasteiger partial charge in [-0.2, -0.15) is 8.78 Å². The summed E-state index contributed by atoms with van der Waals surface area (Å²) in [6, 6.07) is 6.07. The van der Waals surface area contributed by atoms with Gasteiger partial charge in [-0.15, -0.1) is 0 Å². The number of anilines is 1. The highest BCUT2D eigenvalue weighted by atomic mass is 32.1. The molecule has 0 fully saturated rings. The summed E-state index contributed by atoms with van der Waals surface area (Å²) in [5.74, 6) is -0.107. The molecule has 0 spiro atoms. The summed E-state index contributed by atoms with van der Waals surface area (Å²) in [7, 11) is 1.38.